The molecule has 2 N–H and O–H groups in total. The number of aromatic nitrogens is 3. The lowest BCUT2D eigenvalue weighted by molar-refractivity contribution is 0.0773. The van der Waals surface area contributed by atoms with Crippen LogP contribution in [0.25, 0.3) is 33.2 Å². The molecule has 0 atom stereocenters. The number of hydrogen-bond donors (Lipinski definition) is 2. The molecule has 0 aliphatic rings. The summed E-state index contributed by atoms with van der Waals surface area (Å²) >= 11 is 0. The van der Waals surface area contributed by atoms with Crippen molar-refractivity contribution in [1.82, 2.24) is 20.1 Å². The Balaban J connectivity index is 1.77. The van der Waals surface area contributed by atoms with Gasteiger partial charge in [0.1, 0.15) is 5.69 Å². The van der Waals surface area contributed by atoms with Crippen LogP contribution in [0.1, 0.15) is 24.2 Å². The van der Waals surface area contributed by atoms with Crippen LogP contribution < -0.4 is 0 Å². The Hall–Kier alpha value is -3.08. The summed E-state index contributed by atoms with van der Waals surface area (Å²) in [6.07, 6.45) is 0. The number of hydrogen-bond acceptors (Lipinski definition) is 2. The molecule has 0 aliphatic carbocycles. The third-order valence-electron chi connectivity index (χ3n) is 4.65. The van der Waals surface area contributed by atoms with Gasteiger partial charge in [0.25, 0.3) is 5.91 Å². The van der Waals surface area contributed by atoms with Crippen LogP contribution in [-0.4, -0.2) is 39.1 Å². The number of benzene rings is 2. The van der Waals surface area contributed by atoms with Crippen molar-refractivity contribution in [3.05, 3.63) is 54.1 Å². The van der Waals surface area contributed by atoms with Gasteiger partial charge in [0, 0.05) is 34.9 Å². The van der Waals surface area contributed by atoms with Gasteiger partial charge in [0.15, 0.2) is 0 Å². The van der Waals surface area contributed by atoms with Crippen LogP contribution in [-0.2, 0) is 0 Å². The molecule has 4 aromatic rings. The van der Waals surface area contributed by atoms with Crippen molar-refractivity contribution >= 4 is 27.7 Å². The van der Waals surface area contributed by atoms with Crippen LogP contribution >= 0.6 is 0 Å². The number of amides is 1. The van der Waals surface area contributed by atoms with Crippen molar-refractivity contribution in [3.63, 3.8) is 0 Å². The van der Waals surface area contributed by atoms with Gasteiger partial charge >= 0.3 is 0 Å². The van der Waals surface area contributed by atoms with E-state index in [1.165, 1.54) is 0 Å². The molecule has 2 aromatic carbocycles. The van der Waals surface area contributed by atoms with Gasteiger partial charge in [0.05, 0.1) is 11.2 Å². The highest BCUT2D eigenvalue weighted by molar-refractivity contribution is 6.00. The van der Waals surface area contributed by atoms with E-state index >= 15 is 0 Å². The fourth-order valence-electron chi connectivity index (χ4n) is 3.25. The number of nitrogens with one attached hydrogen (secondary N) is 2. The summed E-state index contributed by atoms with van der Waals surface area (Å²) in [5, 5.41) is 9.65. The van der Waals surface area contributed by atoms with E-state index < -0.39 is 0 Å². The predicted molar refractivity (Wildman–Crippen MR) is 101 cm³/mol. The SMILES string of the molecule is CCN(CC)C(=O)c1ccc2cc(-c3n[nH]c4ccccc34)[nH]c2c1. The first-order chi connectivity index (χ1) is 12.2. The summed E-state index contributed by atoms with van der Waals surface area (Å²) in [5.74, 6) is 0.0632. The first kappa shape index (κ1) is 15.4. The smallest absolute Gasteiger partial charge is 0.253 e. The van der Waals surface area contributed by atoms with Crippen LogP contribution in [0.3, 0.4) is 0 Å². The number of H-pyrrole nitrogens is 2. The molecule has 4 rings (SSSR count). The summed E-state index contributed by atoms with van der Waals surface area (Å²) < 4.78 is 0. The second kappa shape index (κ2) is 6.09. The summed E-state index contributed by atoms with van der Waals surface area (Å²) in [6.45, 7) is 5.41. The van der Waals surface area contributed by atoms with E-state index in [1.54, 1.807) is 0 Å². The number of nitrogens with zero attached hydrogens (tertiary/aromatic N) is 2. The molecule has 2 heterocycles. The summed E-state index contributed by atoms with van der Waals surface area (Å²) in [4.78, 5) is 17.8. The summed E-state index contributed by atoms with van der Waals surface area (Å²) in [5.41, 5.74) is 4.49. The second-order valence-corrected chi connectivity index (χ2v) is 6.08. The Morgan fingerprint density at radius 3 is 2.64 bits per heavy atom. The highest BCUT2D eigenvalue weighted by Gasteiger charge is 2.15. The monoisotopic (exact) mass is 332 g/mol. The third-order valence-corrected chi connectivity index (χ3v) is 4.65. The predicted octanol–water partition coefficient (Wildman–Crippen LogP) is 4.19. The number of para-hydroxylation sites is 1. The minimum Gasteiger partial charge on any atom is -0.353 e. The Morgan fingerprint density at radius 1 is 1.04 bits per heavy atom. The Labute approximate surface area is 145 Å². The molecule has 5 nitrogen and oxygen atoms in total. The lowest BCUT2D eigenvalue weighted by Crippen LogP contribution is -2.30. The molecule has 126 valence electrons. The van der Waals surface area contributed by atoms with Crippen molar-refractivity contribution in [2.45, 2.75) is 13.8 Å². The highest BCUT2D eigenvalue weighted by atomic mass is 16.2. The fourth-order valence-corrected chi connectivity index (χ4v) is 3.25. The van der Waals surface area contributed by atoms with Crippen LogP contribution in [0.2, 0.25) is 0 Å². The number of aromatic amines is 2. The van der Waals surface area contributed by atoms with Gasteiger partial charge in [-0.3, -0.25) is 9.89 Å². The van der Waals surface area contributed by atoms with Gasteiger partial charge < -0.3 is 9.88 Å². The maximum Gasteiger partial charge on any atom is 0.253 e. The average Bonchev–Trinajstić information content (AvgIpc) is 3.25. The van der Waals surface area contributed by atoms with Crippen molar-refractivity contribution in [3.8, 4) is 11.4 Å². The molecule has 0 radical (unpaired) electrons. The molecular formula is C20H20N4O. The lowest BCUT2D eigenvalue weighted by Gasteiger charge is -2.18. The molecule has 1 amide bonds. The standard InChI is InChI=1S/C20H20N4O/c1-3-24(4-2)20(25)14-10-9-13-11-18(21-17(13)12-14)19-15-7-5-6-8-16(15)22-23-19/h5-12,21H,3-4H2,1-2H3,(H,22,23). The molecule has 0 saturated heterocycles. The molecule has 0 fully saturated rings. The van der Waals surface area contributed by atoms with Gasteiger partial charge in [-0.25, -0.2) is 0 Å². The van der Waals surface area contributed by atoms with E-state index in [0.29, 0.717) is 18.7 Å². The van der Waals surface area contributed by atoms with Crippen molar-refractivity contribution in [2.24, 2.45) is 0 Å². The highest BCUT2D eigenvalue weighted by Crippen LogP contribution is 2.29. The fraction of sp³-hybridized carbons (Fsp3) is 0.200. The molecule has 25 heavy (non-hydrogen) atoms. The minimum absolute atomic E-state index is 0.0632. The zero-order valence-electron chi connectivity index (χ0n) is 14.3. The molecule has 0 bridgehead atoms. The molecule has 2 aromatic heterocycles. The average molecular weight is 332 g/mol. The van der Waals surface area contributed by atoms with Gasteiger partial charge in [-0.05, 0) is 38.1 Å². The second-order valence-electron chi connectivity index (χ2n) is 6.08. The molecule has 0 unspecified atom stereocenters. The van der Waals surface area contributed by atoms with Crippen molar-refractivity contribution < 1.29 is 4.79 Å². The van der Waals surface area contributed by atoms with E-state index in [0.717, 1.165) is 33.2 Å². The summed E-state index contributed by atoms with van der Waals surface area (Å²) in [7, 11) is 0. The minimum atomic E-state index is 0.0632. The van der Waals surface area contributed by atoms with Crippen LogP contribution in [0, 0.1) is 0 Å². The van der Waals surface area contributed by atoms with E-state index in [-0.39, 0.29) is 5.91 Å². The number of rotatable bonds is 4. The largest absolute Gasteiger partial charge is 0.353 e. The third kappa shape index (κ3) is 2.58. The van der Waals surface area contributed by atoms with Gasteiger partial charge in [-0.2, -0.15) is 5.10 Å². The topological polar surface area (TPSA) is 64.8 Å². The molecule has 5 heteroatoms. The Kier molecular flexibility index (Phi) is 3.76. The maximum atomic E-state index is 12.6. The van der Waals surface area contributed by atoms with Crippen LogP contribution in [0.5, 0.6) is 0 Å². The van der Waals surface area contributed by atoms with Gasteiger partial charge in [-0.15, -0.1) is 0 Å². The lowest BCUT2D eigenvalue weighted by atomic mass is 10.1. The molecular weight excluding hydrogens is 312 g/mol. The zero-order valence-corrected chi connectivity index (χ0v) is 14.3. The summed E-state index contributed by atoms with van der Waals surface area (Å²) in [6, 6.07) is 15.9. The first-order valence-corrected chi connectivity index (χ1v) is 8.56. The normalized spacial score (nSPS) is 11.3. The van der Waals surface area contributed by atoms with Crippen molar-refractivity contribution in [2.75, 3.05) is 13.1 Å². The quantitative estimate of drug-likeness (QED) is 0.588. The number of carbonyl (C=O) groups excluding carboxylic acids is 1. The molecule has 0 saturated carbocycles. The van der Waals surface area contributed by atoms with Gasteiger partial charge in [-0.1, -0.05) is 24.3 Å². The maximum absolute atomic E-state index is 12.6. The van der Waals surface area contributed by atoms with Crippen molar-refractivity contribution in [1.29, 1.82) is 0 Å². The molecule has 0 aliphatic heterocycles. The zero-order chi connectivity index (χ0) is 17.4. The van der Waals surface area contributed by atoms with E-state index in [9.17, 15) is 4.79 Å². The van der Waals surface area contributed by atoms with Crippen LogP contribution in [0.15, 0.2) is 48.5 Å². The van der Waals surface area contributed by atoms with Crippen LogP contribution in [0.4, 0.5) is 0 Å². The van der Waals surface area contributed by atoms with E-state index in [1.807, 2.05) is 55.1 Å². The first-order valence-electron chi connectivity index (χ1n) is 8.56. The van der Waals surface area contributed by atoms with E-state index in [4.69, 9.17) is 0 Å². The van der Waals surface area contributed by atoms with E-state index in [2.05, 4.69) is 27.3 Å². The Morgan fingerprint density at radius 2 is 1.84 bits per heavy atom. The van der Waals surface area contributed by atoms with Gasteiger partial charge in [0.2, 0.25) is 0 Å². The Bertz CT molecular complexity index is 1060. The number of fused-ring (bicyclic) bond motifs is 2. The number of carbonyl (C=O) groups is 1. The molecule has 0 spiro atoms.